The number of rotatable bonds is 2. The lowest BCUT2D eigenvalue weighted by Crippen LogP contribution is -2.17. The molecule has 0 spiro atoms. The van der Waals surface area contributed by atoms with E-state index in [1.54, 1.807) is 6.92 Å². The molecular formula is C11H12ClNO4S. The normalized spacial score (nSPS) is 13.5. The molecular weight excluding hydrogens is 278 g/mol. The van der Waals surface area contributed by atoms with Crippen molar-refractivity contribution in [3.05, 3.63) is 29.3 Å². The van der Waals surface area contributed by atoms with E-state index in [-0.39, 0.29) is 6.61 Å². The molecule has 98 valence electrons. The average molecular weight is 290 g/mol. The zero-order valence-electron chi connectivity index (χ0n) is 9.88. The van der Waals surface area contributed by atoms with Crippen molar-refractivity contribution in [3.63, 3.8) is 0 Å². The Labute approximate surface area is 110 Å². The molecule has 7 heteroatoms. The van der Waals surface area contributed by atoms with Crippen LogP contribution in [0.25, 0.3) is 0 Å². The van der Waals surface area contributed by atoms with E-state index in [2.05, 4.69) is 9.10 Å². The SMILES string of the molecule is CCOC(=O)C(=O)N=[S@@](C)(=O)c1ccc(Cl)cc1. The zero-order valence-corrected chi connectivity index (χ0v) is 11.5. The van der Waals surface area contributed by atoms with Crippen molar-refractivity contribution >= 4 is 33.2 Å². The quantitative estimate of drug-likeness (QED) is 0.615. The van der Waals surface area contributed by atoms with Gasteiger partial charge in [0.15, 0.2) is 0 Å². The van der Waals surface area contributed by atoms with E-state index < -0.39 is 21.6 Å². The summed E-state index contributed by atoms with van der Waals surface area (Å²) in [5.74, 6) is -2.26. The van der Waals surface area contributed by atoms with Gasteiger partial charge in [-0.2, -0.15) is 0 Å². The van der Waals surface area contributed by atoms with Crippen LogP contribution in [0.5, 0.6) is 0 Å². The summed E-state index contributed by atoms with van der Waals surface area (Å²) in [6.45, 7) is 1.62. The van der Waals surface area contributed by atoms with E-state index in [1.807, 2.05) is 0 Å². The molecule has 0 aliphatic rings. The second-order valence-electron chi connectivity index (χ2n) is 3.37. The van der Waals surface area contributed by atoms with Crippen molar-refractivity contribution in [3.8, 4) is 0 Å². The fraction of sp³-hybridized carbons (Fsp3) is 0.273. The Balaban J connectivity index is 3.06. The van der Waals surface area contributed by atoms with E-state index in [0.717, 1.165) is 0 Å². The van der Waals surface area contributed by atoms with Crippen LogP contribution in [0.2, 0.25) is 5.02 Å². The largest absolute Gasteiger partial charge is 0.459 e. The first-order chi connectivity index (χ1) is 8.36. The third kappa shape index (κ3) is 3.82. The van der Waals surface area contributed by atoms with Gasteiger partial charge in [0.05, 0.1) is 16.3 Å². The number of esters is 1. The number of hydrogen-bond donors (Lipinski definition) is 0. The number of benzene rings is 1. The van der Waals surface area contributed by atoms with Crippen LogP contribution in [0.1, 0.15) is 6.92 Å². The highest BCUT2D eigenvalue weighted by Crippen LogP contribution is 2.15. The first-order valence-corrected chi connectivity index (χ1v) is 7.35. The van der Waals surface area contributed by atoms with Crippen LogP contribution in [0.15, 0.2) is 33.5 Å². The zero-order chi connectivity index (χ0) is 13.8. The predicted octanol–water partition coefficient (Wildman–Crippen LogP) is 1.89. The Bertz CT molecular complexity index is 573. The van der Waals surface area contributed by atoms with Crippen molar-refractivity contribution in [2.45, 2.75) is 11.8 Å². The summed E-state index contributed by atoms with van der Waals surface area (Å²) >= 11 is 5.69. The second kappa shape index (κ2) is 5.97. The van der Waals surface area contributed by atoms with Gasteiger partial charge in [-0.05, 0) is 31.2 Å². The van der Waals surface area contributed by atoms with Crippen molar-refractivity contribution in [1.29, 1.82) is 0 Å². The summed E-state index contributed by atoms with van der Waals surface area (Å²) in [4.78, 5) is 22.8. The van der Waals surface area contributed by atoms with Gasteiger partial charge in [-0.3, -0.25) is 4.79 Å². The first-order valence-electron chi connectivity index (χ1n) is 5.05. The first kappa shape index (κ1) is 14.7. The number of hydrogen-bond acceptors (Lipinski definition) is 4. The summed E-state index contributed by atoms with van der Waals surface area (Å²) in [6, 6.07) is 6.05. The van der Waals surface area contributed by atoms with Gasteiger partial charge in [-0.1, -0.05) is 11.6 Å². The molecule has 18 heavy (non-hydrogen) atoms. The van der Waals surface area contributed by atoms with E-state index in [0.29, 0.717) is 9.92 Å². The van der Waals surface area contributed by atoms with Gasteiger partial charge in [0.1, 0.15) is 0 Å². The highest BCUT2D eigenvalue weighted by atomic mass is 35.5. The summed E-state index contributed by atoms with van der Waals surface area (Å²) in [5, 5.41) is 0.477. The van der Waals surface area contributed by atoms with E-state index >= 15 is 0 Å². The van der Waals surface area contributed by atoms with Crippen LogP contribution >= 0.6 is 11.6 Å². The highest BCUT2D eigenvalue weighted by Gasteiger charge is 2.17. The topological polar surface area (TPSA) is 72.8 Å². The molecule has 0 unspecified atom stereocenters. The lowest BCUT2D eigenvalue weighted by molar-refractivity contribution is -0.152. The molecule has 1 rings (SSSR count). The fourth-order valence-corrected chi connectivity index (χ4v) is 2.39. The molecule has 5 nitrogen and oxygen atoms in total. The van der Waals surface area contributed by atoms with Crippen LogP contribution in [0.3, 0.4) is 0 Å². The lowest BCUT2D eigenvalue weighted by Gasteiger charge is -2.03. The molecule has 1 amide bonds. The van der Waals surface area contributed by atoms with Gasteiger partial charge in [0.2, 0.25) is 0 Å². The monoisotopic (exact) mass is 289 g/mol. The van der Waals surface area contributed by atoms with Crippen molar-refractivity contribution < 1.29 is 18.5 Å². The number of nitrogens with zero attached hydrogens (tertiary/aromatic N) is 1. The molecule has 0 radical (unpaired) electrons. The maximum Gasteiger partial charge on any atom is 0.399 e. The molecule has 0 aromatic heterocycles. The highest BCUT2D eigenvalue weighted by molar-refractivity contribution is 7.93. The van der Waals surface area contributed by atoms with Gasteiger partial charge in [0, 0.05) is 16.2 Å². The van der Waals surface area contributed by atoms with Gasteiger partial charge in [-0.25, -0.2) is 9.00 Å². The molecule has 0 aliphatic carbocycles. The van der Waals surface area contributed by atoms with Crippen LogP contribution in [0.4, 0.5) is 0 Å². The summed E-state index contributed by atoms with van der Waals surface area (Å²) < 4.78 is 20.1. The van der Waals surface area contributed by atoms with E-state index in [4.69, 9.17) is 11.6 Å². The molecule has 1 aromatic rings. The maximum absolute atomic E-state index is 12.2. The minimum Gasteiger partial charge on any atom is -0.459 e. The molecule has 0 bridgehead atoms. The smallest absolute Gasteiger partial charge is 0.399 e. The van der Waals surface area contributed by atoms with Gasteiger partial charge in [0.25, 0.3) is 0 Å². The molecule has 0 heterocycles. The van der Waals surface area contributed by atoms with Crippen LogP contribution in [0, 0.1) is 0 Å². The number of carbonyl (C=O) groups is 2. The minimum atomic E-state index is -2.97. The lowest BCUT2D eigenvalue weighted by atomic mass is 10.4. The minimum absolute atomic E-state index is 0.0615. The van der Waals surface area contributed by atoms with Crippen LogP contribution in [-0.2, 0) is 24.1 Å². The predicted molar refractivity (Wildman–Crippen MR) is 67.9 cm³/mol. The number of carbonyl (C=O) groups excluding carboxylic acids is 2. The summed E-state index contributed by atoms with van der Waals surface area (Å²) in [7, 11) is -2.97. The number of amides is 1. The van der Waals surface area contributed by atoms with Crippen molar-refractivity contribution in [2.75, 3.05) is 12.9 Å². The average Bonchev–Trinajstić information content (AvgIpc) is 2.29. The Kier molecular flexibility index (Phi) is 4.86. The number of ether oxygens (including phenoxy) is 1. The van der Waals surface area contributed by atoms with Gasteiger partial charge in [-0.15, -0.1) is 4.36 Å². The second-order valence-corrected chi connectivity index (χ2v) is 6.07. The van der Waals surface area contributed by atoms with Crippen molar-refractivity contribution in [1.82, 2.24) is 0 Å². The molecule has 1 atom stereocenters. The molecule has 0 fully saturated rings. The Morgan fingerprint density at radius 2 is 1.89 bits per heavy atom. The number of halogens is 1. The molecule has 0 saturated heterocycles. The van der Waals surface area contributed by atoms with Gasteiger partial charge < -0.3 is 4.74 Å². The standard InChI is InChI=1S/C11H12ClNO4S/c1-3-17-11(15)10(14)13-18(2,16)9-6-4-8(12)5-7-9/h4-7H,3H2,1-2H3/t18-/m0/s1. The summed E-state index contributed by atoms with van der Waals surface area (Å²) in [5.41, 5.74) is 0. The summed E-state index contributed by atoms with van der Waals surface area (Å²) in [6.07, 6.45) is 1.27. The Morgan fingerprint density at radius 3 is 2.39 bits per heavy atom. The van der Waals surface area contributed by atoms with E-state index in [9.17, 15) is 13.8 Å². The van der Waals surface area contributed by atoms with Gasteiger partial charge >= 0.3 is 11.9 Å². The Hall–Kier alpha value is -1.40. The van der Waals surface area contributed by atoms with E-state index in [1.165, 1.54) is 30.5 Å². The fourth-order valence-electron chi connectivity index (χ4n) is 1.13. The molecule has 0 aliphatic heterocycles. The van der Waals surface area contributed by atoms with Crippen molar-refractivity contribution in [2.24, 2.45) is 4.36 Å². The Morgan fingerprint density at radius 1 is 1.33 bits per heavy atom. The maximum atomic E-state index is 12.2. The third-order valence-corrected chi connectivity index (χ3v) is 3.87. The molecule has 1 aromatic carbocycles. The van der Waals surface area contributed by atoms with Crippen LogP contribution in [-0.4, -0.2) is 28.9 Å². The molecule has 0 saturated carbocycles. The van der Waals surface area contributed by atoms with Crippen LogP contribution < -0.4 is 0 Å². The molecule has 0 N–H and O–H groups in total. The third-order valence-electron chi connectivity index (χ3n) is 1.96.